The summed E-state index contributed by atoms with van der Waals surface area (Å²) in [5.74, 6) is -0.687. The van der Waals surface area contributed by atoms with Crippen LogP contribution in [0.25, 0.3) is 0 Å². The standard InChI is InChI=1S/C9H12N4O5/c14-6-3-11(4-7(6)15)9(16)5-12-2-1-8(10-12)13(17)18/h1-2,6-7,14-15H,3-5H2/t6-,7+. The first-order valence-corrected chi connectivity index (χ1v) is 5.29. The van der Waals surface area contributed by atoms with E-state index in [0.717, 1.165) is 4.68 Å². The fourth-order valence-corrected chi connectivity index (χ4v) is 1.75. The van der Waals surface area contributed by atoms with Gasteiger partial charge in [0, 0.05) is 13.1 Å². The van der Waals surface area contributed by atoms with E-state index in [-0.39, 0.29) is 31.4 Å². The maximum absolute atomic E-state index is 11.8. The first-order valence-electron chi connectivity index (χ1n) is 5.29. The summed E-state index contributed by atoms with van der Waals surface area (Å²) in [7, 11) is 0. The van der Waals surface area contributed by atoms with E-state index in [1.807, 2.05) is 0 Å². The predicted octanol–water partition coefficient (Wildman–Crippen LogP) is -1.64. The first-order chi connectivity index (χ1) is 8.47. The van der Waals surface area contributed by atoms with E-state index < -0.39 is 17.1 Å². The van der Waals surface area contributed by atoms with Gasteiger partial charge in [0.25, 0.3) is 0 Å². The van der Waals surface area contributed by atoms with E-state index in [9.17, 15) is 25.1 Å². The van der Waals surface area contributed by atoms with E-state index in [2.05, 4.69) is 5.10 Å². The molecule has 98 valence electrons. The van der Waals surface area contributed by atoms with Crippen LogP contribution in [0.4, 0.5) is 5.82 Å². The van der Waals surface area contributed by atoms with Crippen molar-refractivity contribution in [2.24, 2.45) is 0 Å². The molecule has 0 radical (unpaired) electrons. The largest absolute Gasteiger partial charge is 0.389 e. The third-order valence-corrected chi connectivity index (χ3v) is 2.72. The minimum absolute atomic E-state index is 0.0589. The molecule has 1 saturated heterocycles. The maximum Gasteiger partial charge on any atom is 0.389 e. The van der Waals surface area contributed by atoms with E-state index in [1.54, 1.807) is 0 Å². The second-order valence-corrected chi connectivity index (χ2v) is 4.06. The molecule has 0 aromatic carbocycles. The van der Waals surface area contributed by atoms with Crippen LogP contribution in [0.3, 0.4) is 0 Å². The Morgan fingerprint density at radius 2 is 2.11 bits per heavy atom. The Balaban J connectivity index is 1.97. The normalized spacial score (nSPS) is 23.3. The molecular formula is C9H12N4O5. The molecule has 18 heavy (non-hydrogen) atoms. The number of aromatic nitrogens is 2. The van der Waals surface area contributed by atoms with Crippen molar-refractivity contribution in [1.29, 1.82) is 0 Å². The highest BCUT2D eigenvalue weighted by atomic mass is 16.6. The lowest BCUT2D eigenvalue weighted by atomic mass is 10.3. The fourth-order valence-electron chi connectivity index (χ4n) is 1.75. The number of rotatable bonds is 3. The minimum Gasteiger partial charge on any atom is -0.388 e. The lowest BCUT2D eigenvalue weighted by Gasteiger charge is -2.13. The zero-order valence-corrected chi connectivity index (χ0v) is 9.34. The van der Waals surface area contributed by atoms with Crippen LogP contribution in [0, 0.1) is 10.1 Å². The molecule has 2 atom stereocenters. The third kappa shape index (κ3) is 2.46. The third-order valence-electron chi connectivity index (χ3n) is 2.72. The predicted molar refractivity (Wildman–Crippen MR) is 57.5 cm³/mol. The SMILES string of the molecule is O=C(Cn1ccc([N+](=O)[O-])n1)N1C[C@@H](O)[C@@H](O)C1. The number of β-amino-alcohol motifs (C(OH)–C–C–N with tert-alkyl or cyclic N) is 2. The Hall–Kier alpha value is -2.00. The number of nitrogens with zero attached hydrogens (tertiary/aromatic N) is 4. The molecule has 9 heteroatoms. The Labute approximate surface area is 101 Å². The van der Waals surface area contributed by atoms with E-state index in [0.29, 0.717) is 0 Å². The van der Waals surface area contributed by atoms with Crippen molar-refractivity contribution in [2.45, 2.75) is 18.8 Å². The molecule has 1 fully saturated rings. The number of carbonyl (C=O) groups is 1. The van der Waals surface area contributed by atoms with Crippen molar-refractivity contribution in [3.63, 3.8) is 0 Å². The Bertz CT molecular complexity index is 463. The minimum atomic E-state index is -0.944. The smallest absolute Gasteiger partial charge is 0.388 e. The Kier molecular flexibility index (Phi) is 3.26. The zero-order valence-electron chi connectivity index (χ0n) is 9.34. The molecule has 1 aliphatic heterocycles. The van der Waals surface area contributed by atoms with Gasteiger partial charge in [-0.1, -0.05) is 0 Å². The fraction of sp³-hybridized carbons (Fsp3) is 0.556. The van der Waals surface area contributed by atoms with Gasteiger partial charge in [0.2, 0.25) is 5.91 Å². The molecule has 0 saturated carbocycles. The van der Waals surface area contributed by atoms with E-state index >= 15 is 0 Å². The van der Waals surface area contributed by atoms with Gasteiger partial charge in [0.15, 0.2) is 0 Å². The highest BCUT2D eigenvalue weighted by Gasteiger charge is 2.32. The molecule has 2 rings (SSSR count). The molecule has 0 spiro atoms. The van der Waals surface area contributed by atoms with Gasteiger partial charge in [0.05, 0.1) is 29.6 Å². The lowest BCUT2D eigenvalue weighted by molar-refractivity contribution is -0.389. The number of hydrogen-bond acceptors (Lipinski definition) is 6. The molecule has 2 N–H and O–H groups in total. The summed E-state index contributed by atoms with van der Waals surface area (Å²) >= 11 is 0. The molecule has 2 heterocycles. The topological polar surface area (TPSA) is 122 Å². The van der Waals surface area contributed by atoms with Crippen molar-refractivity contribution in [2.75, 3.05) is 13.1 Å². The average Bonchev–Trinajstić information content (AvgIpc) is 2.87. The molecule has 1 aromatic heterocycles. The molecule has 0 aliphatic carbocycles. The molecule has 9 nitrogen and oxygen atoms in total. The second kappa shape index (κ2) is 4.70. The average molecular weight is 256 g/mol. The van der Waals surface area contributed by atoms with Gasteiger partial charge in [-0.25, -0.2) is 0 Å². The second-order valence-electron chi connectivity index (χ2n) is 4.06. The van der Waals surface area contributed by atoms with Gasteiger partial charge in [-0.3, -0.25) is 4.79 Å². The van der Waals surface area contributed by atoms with Crippen LogP contribution in [-0.2, 0) is 11.3 Å². The van der Waals surface area contributed by atoms with Gasteiger partial charge in [0.1, 0.15) is 6.54 Å². The van der Waals surface area contributed by atoms with E-state index in [4.69, 9.17) is 0 Å². The summed E-state index contributed by atoms with van der Waals surface area (Å²) in [6.07, 6.45) is -0.555. The van der Waals surface area contributed by atoms with Crippen LogP contribution in [-0.4, -0.2) is 61.0 Å². The van der Waals surface area contributed by atoms with Crippen LogP contribution < -0.4 is 0 Å². The number of amides is 1. The summed E-state index contributed by atoms with van der Waals surface area (Å²) in [5.41, 5.74) is 0. The zero-order chi connectivity index (χ0) is 13.3. The van der Waals surface area contributed by atoms with Crippen molar-refractivity contribution in [3.05, 3.63) is 22.4 Å². The number of aliphatic hydroxyl groups excluding tert-OH is 2. The van der Waals surface area contributed by atoms with Gasteiger partial charge < -0.3 is 25.2 Å². The van der Waals surface area contributed by atoms with Crippen molar-refractivity contribution in [3.8, 4) is 0 Å². The summed E-state index contributed by atoms with van der Waals surface area (Å²) in [4.78, 5) is 22.8. The van der Waals surface area contributed by atoms with Gasteiger partial charge in [-0.2, -0.15) is 4.68 Å². The summed E-state index contributed by atoms with van der Waals surface area (Å²) in [5, 5.41) is 32.6. The monoisotopic (exact) mass is 256 g/mol. The summed E-state index contributed by atoms with van der Waals surface area (Å²) in [6, 6.07) is 1.20. The van der Waals surface area contributed by atoms with Crippen LogP contribution in [0.2, 0.25) is 0 Å². The summed E-state index contributed by atoms with van der Waals surface area (Å²) in [6.45, 7) is -0.0417. The highest BCUT2D eigenvalue weighted by molar-refractivity contribution is 5.76. The highest BCUT2D eigenvalue weighted by Crippen LogP contribution is 2.11. The molecule has 1 aliphatic rings. The first kappa shape index (κ1) is 12.5. The Morgan fingerprint density at radius 3 is 2.61 bits per heavy atom. The van der Waals surface area contributed by atoms with Crippen molar-refractivity contribution >= 4 is 11.7 Å². The van der Waals surface area contributed by atoms with Gasteiger partial charge in [-0.15, -0.1) is 0 Å². The molecular weight excluding hydrogens is 244 g/mol. The number of carbonyl (C=O) groups excluding carboxylic acids is 1. The Morgan fingerprint density at radius 1 is 1.50 bits per heavy atom. The van der Waals surface area contributed by atoms with Crippen molar-refractivity contribution in [1.82, 2.24) is 14.7 Å². The maximum atomic E-state index is 11.8. The molecule has 1 amide bonds. The van der Waals surface area contributed by atoms with Gasteiger partial charge in [-0.05, 0) is 4.92 Å². The van der Waals surface area contributed by atoms with E-state index in [1.165, 1.54) is 17.2 Å². The number of nitro groups is 1. The quantitative estimate of drug-likeness (QED) is 0.494. The van der Waals surface area contributed by atoms with Gasteiger partial charge >= 0.3 is 5.82 Å². The summed E-state index contributed by atoms with van der Waals surface area (Å²) < 4.78 is 1.15. The van der Waals surface area contributed by atoms with Crippen LogP contribution >= 0.6 is 0 Å². The number of likely N-dealkylation sites (tertiary alicyclic amines) is 1. The molecule has 1 aromatic rings. The number of hydrogen-bond donors (Lipinski definition) is 2. The van der Waals surface area contributed by atoms with Crippen molar-refractivity contribution < 1.29 is 19.9 Å². The lowest BCUT2D eigenvalue weighted by Crippen LogP contribution is -2.33. The van der Waals surface area contributed by atoms with Crippen LogP contribution in [0.15, 0.2) is 12.3 Å². The number of aliphatic hydroxyl groups is 2. The molecule has 0 unspecified atom stereocenters. The van der Waals surface area contributed by atoms with Crippen LogP contribution in [0.5, 0.6) is 0 Å². The van der Waals surface area contributed by atoms with Crippen LogP contribution in [0.1, 0.15) is 0 Å². The molecule has 0 bridgehead atoms.